The summed E-state index contributed by atoms with van der Waals surface area (Å²) in [6.07, 6.45) is 4.40. The average Bonchev–Trinajstić information content (AvgIpc) is 3.55. The molecule has 1 fully saturated rings. The summed E-state index contributed by atoms with van der Waals surface area (Å²) in [7, 11) is -3.76. The van der Waals surface area contributed by atoms with Crippen molar-refractivity contribution in [1.82, 2.24) is 20.2 Å². The van der Waals surface area contributed by atoms with E-state index in [0.717, 1.165) is 52.8 Å². The van der Waals surface area contributed by atoms with Crippen LogP contribution >= 0.6 is 0 Å². The number of aromatic amines is 1. The summed E-state index contributed by atoms with van der Waals surface area (Å²) in [6.45, 7) is 3.67. The maximum Gasteiger partial charge on any atom is 0.254 e. The summed E-state index contributed by atoms with van der Waals surface area (Å²) in [5.41, 5.74) is 5.02. The molecule has 1 saturated heterocycles. The molecule has 0 radical (unpaired) electrons. The summed E-state index contributed by atoms with van der Waals surface area (Å²) < 4.78 is 45.2. The highest BCUT2D eigenvalue weighted by Gasteiger charge is 2.27. The van der Waals surface area contributed by atoms with Crippen LogP contribution < -0.4 is 10.1 Å². The molecule has 0 saturated carbocycles. The summed E-state index contributed by atoms with van der Waals surface area (Å²) in [4.78, 5) is 23.1. The quantitative estimate of drug-likeness (QED) is 0.346. The molecule has 6 rings (SSSR count). The van der Waals surface area contributed by atoms with Crippen LogP contribution in [0, 0.1) is 5.82 Å². The van der Waals surface area contributed by atoms with Gasteiger partial charge in [-0.15, -0.1) is 0 Å². The number of carbonyl (C=O) groups is 1. The van der Waals surface area contributed by atoms with Crippen LogP contribution in [0.4, 0.5) is 4.39 Å². The van der Waals surface area contributed by atoms with Gasteiger partial charge >= 0.3 is 0 Å². The number of hydrogen-bond donors (Lipinski definition) is 2. The van der Waals surface area contributed by atoms with Gasteiger partial charge in [0.25, 0.3) is 5.91 Å². The molecule has 0 unspecified atom stereocenters. The molecule has 8 nitrogen and oxygen atoms in total. The Morgan fingerprint density at radius 3 is 2.71 bits per heavy atom. The molecule has 0 bridgehead atoms. The zero-order valence-corrected chi connectivity index (χ0v) is 24.0. The third kappa shape index (κ3) is 5.46. The van der Waals surface area contributed by atoms with Crippen molar-refractivity contribution in [3.05, 3.63) is 76.9 Å². The first kappa shape index (κ1) is 27.4. The van der Waals surface area contributed by atoms with Gasteiger partial charge in [0.15, 0.2) is 9.84 Å². The van der Waals surface area contributed by atoms with E-state index in [2.05, 4.69) is 16.4 Å². The Kier molecular flexibility index (Phi) is 7.29. The molecule has 3 heterocycles. The number of amides is 1. The lowest BCUT2D eigenvalue weighted by molar-refractivity contribution is 0.0731. The number of sulfone groups is 1. The van der Waals surface area contributed by atoms with Crippen molar-refractivity contribution >= 4 is 26.8 Å². The van der Waals surface area contributed by atoms with Gasteiger partial charge in [0, 0.05) is 42.0 Å². The number of ether oxygens (including phenoxy) is 1. The fourth-order valence-electron chi connectivity index (χ4n) is 5.85. The average molecular weight is 577 g/mol. The van der Waals surface area contributed by atoms with Crippen molar-refractivity contribution in [2.24, 2.45) is 0 Å². The second-order valence-corrected chi connectivity index (χ2v) is 12.8. The van der Waals surface area contributed by atoms with E-state index in [1.807, 2.05) is 30.3 Å². The molecule has 0 aliphatic carbocycles. The Balaban J connectivity index is 1.27. The van der Waals surface area contributed by atoms with Gasteiger partial charge in [0.2, 0.25) is 0 Å². The normalized spacial score (nSPS) is 17.3. The van der Waals surface area contributed by atoms with Gasteiger partial charge in [0.05, 0.1) is 17.6 Å². The van der Waals surface area contributed by atoms with Crippen molar-refractivity contribution in [2.45, 2.75) is 50.1 Å². The number of rotatable bonds is 6. The van der Waals surface area contributed by atoms with Crippen LogP contribution in [-0.4, -0.2) is 61.2 Å². The molecular formula is C31H33FN4O4S. The minimum Gasteiger partial charge on any atom is -0.491 e. The Morgan fingerprint density at radius 1 is 1.15 bits per heavy atom. The number of halogens is 1. The van der Waals surface area contributed by atoms with E-state index in [4.69, 9.17) is 9.72 Å². The first-order chi connectivity index (χ1) is 19.7. The van der Waals surface area contributed by atoms with Crippen LogP contribution in [0.25, 0.3) is 22.2 Å². The number of fused-ring (bicyclic) bond motifs is 2. The SMILES string of the molecule is CCc1c(C(=O)N2CCOc3ccc(-c4ccc5nc(C[C@H]6CCCN6)[nH]c5c4)cc3C2)ccc(S(C)(=O)=O)c1F. The first-order valence-electron chi connectivity index (χ1n) is 14.0. The van der Waals surface area contributed by atoms with Crippen LogP contribution in [0.1, 0.15) is 47.1 Å². The van der Waals surface area contributed by atoms with E-state index >= 15 is 4.39 Å². The van der Waals surface area contributed by atoms with Crippen molar-refractivity contribution in [3.63, 3.8) is 0 Å². The summed E-state index contributed by atoms with van der Waals surface area (Å²) in [5.74, 6) is 0.470. The monoisotopic (exact) mass is 576 g/mol. The number of carbonyl (C=O) groups excluding carboxylic acids is 1. The predicted octanol–water partition coefficient (Wildman–Crippen LogP) is 4.66. The largest absolute Gasteiger partial charge is 0.491 e. The smallest absolute Gasteiger partial charge is 0.254 e. The standard InChI is InChI=1S/C31H33FN4O4S/c1-3-23-24(8-11-28(30(23)32)41(2,38)39)31(37)36-13-14-40-27-10-7-19(15-21(27)18-36)20-6-9-25-26(16-20)35-29(34-25)17-22-5-4-12-33-22/h6-11,15-16,22,33H,3-5,12-14,17-18H2,1-2H3,(H,34,35)/t22-/m1/s1. The van der Waals surface area contributed by atoms with Gasteiger partial charge < -0.3 is 19.9 Å². The second kappa shape index (κ2) is 10.9. The molecule has 1 amide bonds. The molecule has 1 aromatic heterocycles. The molecule has 1 atom stereocenters. The van der Waals surface area contributed by atoms with E-state index in [9.17, 15) is 13.2 Å². The molecule has 3 aromatic carbocycles. The lowest BCUT2D eigenvalue weighted by Crippen LogP contribution is -2.33. The molecular weight excluding hydrogens is 543 g/mol. The highest BCUT2D eigenvalue weighted by atomic mass is 32.2. The molecule has 2 N–H and O–H groups in total. The summed E-state index contributed by atoms with van der Waals surface area (Å²) in [6, 6.07) is 15.2. The van der Waals surface area contributed by atoms with Crippen molar-refractivity contribution < 1.29 is 22.3 Å². The van der Waals surface area contributed by atoms with Gasteiger partial charge in [-0.25, -0.2) is 17.8 Å². The van der Waals surface area contributed by atoms with Crippen LogP contribution in [0.3, 0.4) is 0 Å². The lowest BCUT2D eigenvalue weighted by atomic mass is 10.0. The van der Waals surface area contributed by atoms with Crippen molar-refractivity contribution in [2.75, 3.05) is 26.0 Å². The third-order valence-corrected chi connectivity index (χ3v) is 9.10. The van der Waals surface area contributed by atoms with Crippen LogP contribution in [0.2, 0.25) is 0 Å². The number of nitrogens with one attached hydrogen (secondary N) is 2. The number of nitrogens with zero attached hydrogens (tertiary/aromatic N) is 2. The number of imidazole rings is 1. The highest BCUT2D eigenvalue weighted by Crippen LogP contribution is 2.32. The Hall–Kier alpha value is -3.76. The number of benzene rings is 3. The molecule has 4 aromatic rings. The molecule has 2 aliphatic rings. The van der Waals surface area contributed by atoms with E-state index in [1.165, 1.54) is 25.0 Å². The van der Waals surface area contributed by atoms with Gasteiger partial charge in [0.1, 0.15) is 28.9 Å². The zero-order chi connectivity index (χ0) is 28.7. The number of aromatic nitrogens is 2. The molecule has 2 aliphatic heterocycles. The Bertz CT molecular complexity index is 1740. The Labute approximate surface area is 238 Å². The van der Waals surface area contributed by atoms with E-state index in [1.54, 1.807) is 11.8 Å². The predicted molar refractivity (Wildman–Crippen MR) is 155 cm³/mol. The van der Waals surface area contributed by atoms with Gasteiger partial charge in [-0.3, -0.25) is 4.79 Å². The fourth-order valence-corrected chi connectivity index (χ4v) is 6.62. The second-order valence-electron chi connectivity index (χ2n) is 10.8. The maximum atomic E-state index is 15.1. The van der Waals surface area contributed by atoms with Crippen LogP contribution in [0.15, 0.2) is 53.4 Å². The number of H-pyrrole nitrogens is 1. The minimum atomic E-state index is -3.76. The molecule has 0 spiro atoms. The van der Waals surface area contributed by atoms with E-state index in [-0.39, 0.29) is 30.0 Å². The fraction of sp³-hybridized carbons (Fsp3) is 0.355. The highest BCUT2D eigenvalue weighted by molar-refractivity contribution is 7.90. The topological polar surface area (TPSA) is 104 Å². The zero-order valence-electron chi connectivity index (χ0n) is 23.2. The van der Waals surface area contributed by atoms with Crippen LogP contribution in [0.5, 0.6) is 5.75 Å². The van der Waals surface area contributed by atoms with Crippen molar-refractivity contribution in [3.8, 4) is 16.9 Å². The van der Waals surface area contributed by atoms with Crippen molar-refractivity contribution in [1.29, 1.82) is 0 Å². The van der Waals surface area contributed by atoms with E-state index in [0.29, 0.717) is 24.9 Å². The third-order valence-electron chi connectivity index (χ3n) is 7.99. The number of hydrogen-bond acceptors (Lipinski definition) is 6. The first-order valence-corrected chi connectivity index (χ1v) is 15.9. The minimum absolute atomic E-state index is 0.105. The van der Waals surface area contributed by atoms with Gasteiger partial charge in [-0.05, 0) is 73.3 Å². The maximum absolute atomic E-state index is 15.1. The summed E-state index contributed by atoms with van der Waals surface area (Å²) in [5, 5.41) is 3.52. The Morgan fingerprint density at radius 2 is 1.95 bits per heavy atom. The molecule has 214 valence electrons. The summed E-state index contributed by atoms with van der Waals surface area (Å²) >= 11 is 0. The van der Waals surface area contributed by atoms with Crippen LogP contribution in [-0.2, 0) is 29.2 Å². The van der Waals surface area contributed by atoms with Gasteiger partial charge in [-0.2, -0.15) is 0 Å². The molecule has 10 heteroatoms. The van der Waals surface area contributed by atoms with E-state index < -0.39 is 20.5 Å². The lowest BCUT2D eigenvalue weighted by Gasteiger charge is -2.22. The molecule has 41 heavy (non-hydrogen) atoms. The van der Waals surface area contributed by atoms with Gasteiger partial charge in [-0.1, -0.05) is 19.1 Å².